The van der Waals surface area contributed by atoms with E-state index in [2.05, 4.69) is 10.1 Å². The zero-order chi connectivity index (χ0) is 23.3. The summed E-state index contributed by atoms with van der Waals surface area (Å²) < 4.78 is 5.31. The monoisotopic (exact) mass is 444 g/mol. The summed E-state index contributed by atoms with van der Waals surface area (Å²) in [6, 6.07) is 10.4. The van der Waals surface area contributed by atoms with Gasteiger partial charge in [0.2, 0.25) is 5.89 Å². The summed E-state index contributed by atoms with van der Waals surface area (Å²) in [6.45, 7) is 6.63. The van der Waals surface area contributed by atoms with Gasteiger partial charge in [-0.25, -0.2) is 4.90 Å². The Kier molecular flexibility index (Phi) is 5.08. The molecule has 1 aromatic heterocycles. The number of aryl methyl sites for hydroxylation is 3. The van der Waals surface area contributed by atoms with E-state index in [-0.39, 0.29) is 23.3 Å². The van der Waals surface area contributed by atoms with E-state index in [9.17, 15) is 14.4 Å². The Balaban J connectivity index is 1.41. The fourth-order valence-corrected chi connectivity index (χ4v) is 4.58. The summed E-state index contributed by atoms with van der Waals surface area (Å²) in [6.07, 6.45) is 1.69. The number of imide groups is 1. The number of benzene rings is 2. The number of amides is 3. The number of anilines is 1. The molecule has 3 heterocycles. The predicted octanol–water partition coefficient (Wildman–Crippen LogP) is 3.82. The van der Waals surface area contributed by atoms with E-state index in [4.69, 9.17) is 4.52 Å². The molecule has 8 nitrogen and oxygen atoms in total. The summed E-state index contributed by atoms with van der Waals surface area (Å²) in [5, 5.41) is 3.85. The molecule has 0 aliphatic carbocycles. The molecule has 168 valence electrons. The first-order valence-corrected chi connectivity index (χ1v) is 11.0. The van der Waals surface area contributed by atoms with E-state index in [1.54, 1.807) is 30.0 Å². The number of piperidine rings is 1. The van der Waals surface area contributed by atoms with Crippen LogP contribution in [0.1, 0.15) is 72.7 Å². The molecule has 1 unspecified atom stereocenters. The summed E-state index contributed by atoms with van der Waals surface area (Å²) >= 11 is 0. The highest BCUT2D eigenvalue weighted by atomic mass is 16.5. The fraction of sp³-hybridized carbons (Fsp3) is 0.320. The number of carbonyl (C=O) groups excluding carboxylic acids is 3. The van der Waals surface area contributed by atoms with Crippen molar-refractivity contribution in [2.75, 3.05) is 18.0 Å². The summed E-state index contributed by atoms with van der Waals surface area (Å²) in [5.41, 5.74) is 3.33. The largest absolute Gasteiger partial charge is 0.339 e. The van der Waals surface area contributed by atoms with Crippen molar-refractivity contribution >= 4 is 23.4 Å². The lowest BCUT2D eigenvalue weighted by Crippen LogP contribution is -2.39. The van der Waals surface area contributed by atoms with Gasteiger partial charge >= 0.3 is 0 Å². The van der Waals surface area contributed by atoms with Gasteiger partial charge < -0.3 is 9.42 Å². The van der Waals surface area contributed by atoms with Crippen LogP contribution in [0, 0.1) is 20.8 Å². The predicted molar refractivity (Wildman–Crippen MR) is 120 cm³/mol. The fourth-order valence-electron chi connectivity index (χ4n) is 4.58. The molecule has 0 saturated carbocycles. The maximum Gasteiger partial charge on any atom is 0.266 e. The van der Waals surface area contributed by atoms with E-state index in [1.165, 1.54) is 4.90 Å². The van der Waals surface area contributed by atoms with Crippen LogP contribution >= 0.6 is 0 Å². The number of nitrogens with zero attached hydrogens (tertiary/aromatic N) is 4. The van der Waals surface area contributed by atoms with Gasteiger partial charge in [0.05, 0.1) is 22.7 Å². The van der Waals surface area contributed by atoms with Crippen molar-refractivity contribution in [3.63, 3.8) is 0 Å². The van der Waals surface area contributed by atoms with Gasteiger partial charge in [-0.2, -0.15) is 4.98 Å². The molecule has 3 aromatic rings. The third-order valence-electron chi connectivity index (χ3n) is 6.34. The summed E-state index contributed by atoms with van der Waals surface area (Å²) in [5.74, 6) is 0.154. The Morgan fingerprint density at radius 1 is 1.03 bits per heavy atom. The van der Waals surface area contributed by atoms with Crippen LogP contribution in [-0.2, 0) is 0 Å². The minimum atomic E-state index is -0.406. The standard InChI is InChI=1S/C25H24N4O4/c1-14-6-7-15(2)21(11-14)29-24(31)19-9-8-17(12-20(19)25(29)32)23(30)28-10-4-5-18(13-28)22-26-16(3)27-33-22/h6-9,11-12,18H,4-5,10,13H2,1-3H3. The third kappa shape index (κ3) is 3.61. The summed E-state index contributed by atoms with van der Waals surface area (Å²) in [7, 11) is 0. The zero-order valence-corrected chi connectivity index (χ0v) is 18.8. The molecule has 1 atom stereocenters. The molecule has 2 aliphatic rings. The van der Waals surface area contributed by atoms with Crippen molar-refractivity contribution in [1.29, 1.82) is 0 Å². The lowest BCUT2D eigenvalue weighted by Gasteiger charge is -2.31. The highest BCUT2D eigenvalue weighted by Gasteiger charge is 2.38. The maximum atomic E-state index is 13.3. The number of likely N-dealkylation sites (tertiary alicyclic amines) is 1. The van der Waals surface area contributed by atoms with Crippen LogP contribution in [0.2, 0.25) is 0 Å². The average molecular weight is 444 g/mol. The van der Waals surface area contributed by atoms with Crippen LogP contribution in [0.15, 0.2) is 40.9 Å². The molecular formula is C25H24N4O4. The van der Waals surface area contributed by atoms with E-state index >= 15 is 0 Å². The highest BCUT2D eigenvalue weighted by molar-refractivity contribution is 6.35. The van der Waals surface area contributed by atoms with Crippen LogP contribution in [0.4, 0.5) is 5.69 Å². The van der Waals surface area contributed by atoms with Gasteiger partial charge in [-0.05, 0) is 69.0 Å². The number of fused-ring (bicyclic) bond motifs is 1. The Labute approximate surface area is 191 Å². The molecule has 0 N–H and O–H groups in total. The Morgan fingerprint density at radius 2 is 1.82 bits per heavy atom. The Bertz CT molecular complexity index is 1300. The SMILES string of the molecule is Cc1ccc(C)c(N2C(=O)c3ccc(C(=O)N4CCCC(c5nc(C)no5)C4)cc3C2=O)c1. The molecule has 8 heteroatoms. The third-order valence-corrected chi connectivity index (χ3v) is 6.34. The van der Waals surface area contributed by atoms with Crippen molar-refractivity contribution < 1.29 is 18.9 Å². The zero-order valence-electron chi connectivity index (χ0n) is 18.8. The van der Waals surface area contributed by atoms with Crippen LogP contribution in [-0.4, -0.2) is 45.9 Å². The molecule has 33 heavy (non-hydrogen) atoms. The number of carbonyl (C=O) groups is 3. The van der Waals surface area contributed by atoms with Gasteiger partial charge in [-0.3, -0.25) is 14.4 Å². The molecule has 2 aromatic carbocycles. The molecule has 0 radical (unpaired) electrons. The van der Waals surface area contributed by atoms with Gasteiger partial charge in [0, 0.05) is 18.7 Å². The van der Waals surface area contributed by atoms with E-state index in [0.717, 1.165) is 24.0 Å². The second-order valence-corrected chi connectivity index (χ2v) is 8.77. The maximum absolute atomic E-state index is 13.3. The topological polar surface area (TPSA) is 96.6 Å². The molecule has 0 bridgehead atoms. The molecule has 5 rings (SSSR count). The lowest BCUT2D eigenvalue weighted by molar-refractivity contribution is 0.0695. The quantitative estimate of drug-likeness (QED) is 0.570. The highest BCUT2D eigenvalue weighted by Crippen LogP contribution is 2.33. The van der Waals surface area contributed by atoms with Crippen LogP contribution in [0.3, 0.4) is 0 Å². The minimum Gasteiger partial charge on any atom is -0.339 e. The van der Waals surface area contributed by atoms with Crippen molar-refractivity contribution in [1.82, 2.24) is 15.0 Å². The first kappa shape index (κ1) is 21.1. The van der Waals surface area contributed by atoms with Crippen LogP contribution in [0.25, 0.3) is 0 Å². The smallest absolute Gasteiger partial charge is 0.266 e. The summed E-state index contributed by atoms with van der Waals surface area (Å²) in [4.78, 5) is 46.8. The van der Waals surface area contributed by atoms with Crippen molar-refractivity contribution in [2.45, 2.75) is 39.5 Å². The number of rotatable bonds is 3. The normalized spacial score (nSPS) is 18.1. The first-order chi connectivity index (χ1) is 15.8. The van der Waals surface area contributed by atoms with Crippen LogP contribution < -0.4 is 4.90 Å². The van der Waals surface area contributed by atoms with Gasteiger partial charge in [0.25, 0.3) is 17.7 Å². The molecule has 2 aliphatic heterocycles. The molecule has 0 spiro atoms. The molecule has 1 fully saturated rings. The molecule has 1 saturated heterocycles. The molecule has 3 amide bonds. The van der Waals surface area contributed by atoms with Crippen molar-refractivity contribution in [2.24, 2.45) is 0 Å². The minimum absolute atomic E-state index is 0.0127. The first-order valence-electron chi connectivity index (χ1n) is 11.0. The Hall–Kier alpha value is -3.81. The van der Waals surface area contributed by atoms with Gasteiger partial charge in [0.15, 0.2) is 5.82 Å². The van der Waals surface area contributed by atoms with Gasteiger partial charge in [-0.1, -0.05) is 17.3 Å². The van der Waals surface area contributed by atoms with E-state index < -0.39 is 5.91 Å². The van der Waals surface area contributed by atoms with Crippen molar-refractivity contribution in [3.8, 4) is 0 Å². The van der Waals surface area contributed by atoms with Crippen molar-refractivity contribution in [3.05, 3.63) is 75.9 Å². The van der Waals surface area contributed by atoms with Gasteiger partial charge in [0.1, 0.15) is 0 Å². The second kappa shape index (κ2) is 7.95. The van der Waals surface area contributed by atoms with Crippen LogP contribution in [0.5, 0.6) is 0 Å². The number of hydrogen-bond acceptors (Lipinski definition) is 6. The number of hydrogen-bond donors (Lipinski definition) is 0. The second-order valence-electron chi connectivity index (χ2n) is 8.77. The van der Waals surface area contributed by atoms with E-state index in [1.807, 2.05) is 32.0 Å². The Morgan fingerprint density at radius 3 is 2.58 bits per heavy atom. The average Bonchev–Trinajstić information content (AvgIpc) is 3.36. The number of aromatic nitrogens is 2. The van der Waals surface area contributed by atoms with Gasteiger partial charge in [-0.15, -0.1) is 0 Å². The lowest BCUT2D eigenvalue weighted by atomic mass is 9.96. The van der Waals surface area contributed by atoms with E-state index in [0.29, 0.717) is 41.6 Å². The molecular weight excluding hydrogens is 420 g/mol.